The highest BCUT2D eigenvalue weighted by Gasteiger charge is 2.33. The molecular formula is C20H15FN2O4S. The first-order valence-electron chi connectivity index (χ1n) is 8.67. The number of halogens is 1. The predicted octanol–water partition coefficient (Wildman–Crippen LogP) is 4.16. The maximum absolute atomic E-state index is 13.3. The second-order valence-corrected chi connectivity index (χ2v) is 7.34. The Morgan fingerprint density at radius 3 is 2.86 bits per heavy atom. The van der Waals surface area contributed by atoms with Gasteiger partial charge in [0.2, 0.25) is 18.4 Å². The van der Waals surface area contributed by atoms with Gasteiger partial charge in [-0.05, 0) is 53.5 Å². The van der Waals surface area contributed by atoms with E-state index in [-0.39, 0.29) is 24.4 Å². The number of hydrogen-bond donors (Lipinski definition) is 1. The van der Waals surface area contributed by atoms with E-state index in [0.29, 0.717) is 35.1 Å². The summed E-state index contributed by atoms with van der Waals surface area (Å²) in [5.74, 6) is 1.15. The molecule has 1 aromatic heterocycles. The lowest BCUT2D eigenvalue weighted by atomic mass is 9.89. The van der Waals surface area contributed by atoms with E-state index in [4.69, 9.17) is 14.2 Å². The van der Waals surface area contributed by atoms with Gasteiger partial charge in [0.05, 0.1) is 17.7 Å². The fraction of sp³-hybridized carbons (Fsp3) is 0.200. The van der Waals surface area contributed by atoms with Crippen LogP contribution in [0.2, 0.25) is 0 Å². The Morgan fingerprint density at radius 2 is 2.07 bits per heavy atom. The molecule has 0 spiro atoms. The van der Waals surface area contributed by atoms with Crippen molar-refractivity contribution in [3.8, 4) is 28.5 Å². The highest BCUT2D eigenvalue weighted by atomic mass is 32.1. The van der Waals surface area contributed by atoms with Crippen LogP contribution in [-0.4, -0.2) is 24.2 Å². The number of anilines is 1. The standard InChI is InChI=1S/C20H15FN2O4S/c1-25-14-6-11(7-15-19(14)27-9-26-15)13-8-16(24)22-18-17(23-28-20(13)18)10-2-4-12(21)5-3-10/h2-7,13H,8-9H2,1H3,(H,22,24). The number of fused-ring (bicyclic) bond motifs is 2. The van der Waals surface area contributed by atoms with Gasteiger partial charge in [-0.15, -0.1) is 0 Å². The van der Waals surface area contributed by atoms with Crippen LogP contribution in [0.3, 0.4) is 0 Å². The third-order valence-electron chi connectivity index (χ3n) is 4.89. The highest BCUT2D eigenvalue weighted by Crippen LogP contribution is 2.49. The number of rotatable bonds is 3. The summed E-state index contributed by atoms with van der Waals surface area (Å²) in [6.07, 6.45) is 0.293. The van der Waals surface area contributed by atoms with E-state index in [1.807, 2.05) is 12.1 Å². The maximum Gasteiger partial charge on any atom is 0.231 e. The first kappa shape index (κ1) is 17.0. The van der Waals surface area contributed by atoms with E-state index in [1.165, 1.54) is 23.7 Å². The minimum Gasteiger partial charge on any atom is -0.493 e. The Balaban J connectivity index is 1.61. The van der Waals surface area contributed by atoms with Crippen molar-refractivity contribution in [2.45, 2.75) is 12.3 Å². The van der Waals surface area contributed by atoms with Gasteiger partial charge in [-0.3, -0.25) is 4.79 Å². The molecule has 3 aromatic rings. The summed E-state index contributed by atoms with van der Waals surface area (Å²) in [6.45, 7) is 0.140. The molecule has 28 heavy (non-hydrogen) atoms. The van der Waals surface area contributed by atoms with Crippen molar-refractivity contribution in [1.29, 1.82) is 0 Å². The zero-order valence-electron chi connectivity index (χ0n) is 14.8. The smallest absolute Gasteiger partial charge is 0.231 e. The van der Waals surface area contributed by atoms with Gasteiger partial charge in [-0.2, -0.15) is 4.37 Å². The number of aromatic nitrogens is 1. The molecule has 2 aliphatic rings. The number of amides is 1. The van der Waals surface area contributed by atoms with Crippen LogP contribution in [-0.2, 0) is 4.79 Å². The molecule has 1 atom stereocenters. The number of hydrogen-bond acceptors (Lipinski definition) is 6. The van der Waals surface area contributed by atoms with Crippen molar-refractivity contribution in [2.24, 2.45) is 0 Å². The summed E-state index contributed by atoms with van der Waals surface area (Å²) < 4.78 is 34.2. The predicted molar refractivity (Wildman–Crippen MR) is 102 cm³/mol. The van der Waals surface area contributed by atoms with Crippen molar-refractivity contribution >= 4 is 23.1 Å². The Bertz CT molecular complexity index is 1080. The summed E-state index contributed by atoms with van der Waals surface area (Å²) in [4.78, 5) is 13.4. The quantitative estimate of drug-likeness (QED) is 0.717. The zero-order chi connectivity index (χ0) is 19.3. The fourth-order valence-corrected chi connectivity index (χ4v) is 4.53. The number of carbonyl (C=O) groups is 1. The molecule has 0 bridgehead atoms. The van der Waals surface area contributed by atoms with Gasteiger partial charge in [0.1, 0.15) is 11.5 Å². The Kier molecular flexibility index (Phi) is 3.94. The minimum absolute atomic E-state index is 0.0994. The molecule has 1 N–H and O–H groups in total. The van der Waals surface area contributed by atoms with Crippen LogP contribution >= 0.6 is 11.5 Å². The SMILES string of the molecule is COc1cc(C2CC(=O)Nc3c(-c4ccc(F)cc4)nsc32)cc2c1OCO2. The number of ether oxygens (including phenoxy) is 3. The third kappa shape index (κ3) is 2.68. The number of carbonyl (C=O) groups excluding carboxylic acids is 1. The molecule has 142 valence electrons. The molecule has 2 aromatic carbocycles. The minimum atomic E-state index is -0.317. The number of methoxy groups -OCH3 is 1. The van der Waals surface area contributed by atoms with Crippen LogP contribution in [0.1, 0.15) is 22.8 Å². The normalized spacial score (nSPS) is 17.2. The monoisotopic (exact) mass is 398 g/mol. The molecule has 3 heterocycles. The Labute approximate surface area is 164 Å². The van der Waals surface area contributed by atoms with Crippen molar-refractivity contribution in [2.75, 3.05) is 19.2 Å². The average molecular weight is 398 g/mol. The van der Waals surface area contributed by atoms with Crippen molar-refractivity contribution < 1.29 is 23.4 Å². The van der Waals surface area contributed by atoms with Crippen LogP contribution in [0.4, 0.5) is 10.1 Å². The van der Waals surface area contributed by atoms with Crippen LogP contribution in [0.5, 0.6) is 17.2 Å². The van der Waals surface area contributed by atoms with Crippen molar-refractivity contribution in [3.05, 3.63) is 52.7 Å². The van der Waals surface area contributed by atoms with E-state index in [0.717, 1.165) is 16.0 Å². The molecule has 0 saturated heterocycles. The van der Waals surface area contributed by atoms with Gasteiger partial charge in [-0.25, -0.2) is 4.39 Å². The van der Waals surface area contributed by atoms with Gasteiger partial charge in [0.15, 0.2) is 11.5 Å². The Morgan fingerprint density at radius 1 is 1.25 bits per heavy atom. The molecule has 5 rings (SSSR count). The van der Waals surface area contributed by atoms with Gasteiger partial charge in [0, 0.05) is 17.9 Å². The molecule has 8 heteroatoms. The largest absolute Gasteiger partial charge is 0.493 e. The summed E-state index contributed by atoms with van der Waals surface area (Å²) in [5, 5.41) is 2.93. The van der Waals surface area contributed by atoms with Crippen LogP contribution in [0, 0.1) is 5.82 Å². The Hall–Kier alpha value is -3.13. The second-order valence-electron chi connectivity index (χ2n) is 6.54. The molecular weight excluding hydrogens is 383 g/mol. The fourth-order valence-electron chi connectivity index (χ4n) is 3.56. The first-order chi connectivity index (χ1) is 13.6. The van der Waals surface area contributed by atoms with Gasteiger partial charge < -0.3 is 19.5 Å². The highest BCUT2D eigenvalue weighted by molar-refractivity contribution is 7.07. The molecule has 6 nitrogen and oxygen atoms in total. The van der Waals surface area contributed by atoms with Crippen LogP contribution in [0.25, 0.3) is 11.3 Å². The lowest BCUT2D eigenvalue weighted by Crippen LogP contribution is -2.22. The average Bonchev–Trinajstić information content (AvgIpc) is 3.34. The summed E-state index contributed by atoms with van der Waals surface area (Å²) >= 11 is 1.33. The molecule has 0 aliphatic carbocycles. The van der Waals surface area contributed by atoms with E-state index in [9.17, 15) is 9.18 Å². The molecule has 1 amide bonds. The molecule has 1 unspecified atom stereocenters. The van der Waals surface area contributed by atoms with Gasteiger partial charge >= 0.3 is 0 Å². The van der Waals surface area contributed by atoms with Crippen LogP contribution < -0.4 is 19.5 Å². The van der Waals surface area contributed by atoms with E-state index >= 15 is 0 Å². The topological polar surface area (TPSA) is 69.7 Å². The molecule has 0 fully saturated rings. The summed E-state index contributed by atoms with van der Waals surface area (Å²) in [7, 11) is 1.57. The van der Waals surface area contributed by atoms with E-state index < -0.39 is 0 Å². The van der Waals surface area contributed by atoms with E-state index in [2.05, 4.69) is 9.69 Å². The van der Waals surface area contributed by atoms with Crippen molar-refractivity contribution in [3.63, 3.8) is 0 Å². The lowest BCUT2D eigenvalue weighted by Gasteiger charge is -2.23. The zero-order valence-corrected chi connectivity index (χ0v) is 15.6. The summed E-state index contributed by atoms with van der Waals surface area (Å²) in [5.41, 5.74) is 2.97. The molecule has 2 aliphatic heterocycles. The molecule has 0 saturated carbocycles. The second kappa shape index (κ2) is 6.49. The third-order valence-corrected chi connectivity index (χ3v) is 5.85. The number of nitrogens with zero attached hydrogens (tertiary/aromatic N) is 1. The number of benzene rings is 2. The number of nitrogens with one attached hydrogen (secondary N) is 1. The first-order valence-corrected chi connectivity index (χ1v) is 9.44. The lowest BCUT2D eigenvalue weighted by molar-refractivity contribution is -0.116. The van der Waals surface area contributed by atoms with Gasteiger partial charge in [-0.1, -0.05) is 0 Å². The van der Waals surface area contributed by atoms with Crippen LogP contribution in [0.15, 0.2) is 36.4 Å². The van der Waals surface area contributed by atoms with E-state index in [1.54, 1.807) is 19.2 Å². The summed E-state index contributed by atoms with van der Waals surface area (Å²) in [6, 6.07) is 9.83. The van der Waals surface area contributed by atoms with Gasteiger partial charge in [0.25, 0.3) is 0 Å². The molecule has 0 radical (unpaired) electrons. The maximum atomic E-state index is 13.3. The van der Waals surface area contributed by atoms with Crippen molar-refractivity contribution in [1.82, 2.24) is 4.37 Å².